The minimum Gasteiger partial charge on any atom is -0.497 e. The van der Waals surface area contributed by atoms with E-state index in [0.717, 1.165) is 6.26 Å². The van der Waals surface area contributed by atoms with Gasteiger partial charge in [-0.2, -0.15) is 8.42 Å². The van der Waals surface area contributed by atoms with Crippen LogP contribution in [0.1, 0.15) is 49.7 Å². The number of rotatable bonds is 9. The van der Waals surface area contributed by atoms with Gasteiger partial charge < -0.3 is 19.5 Å². The number of nitrogens with one attached hydrogen (secondary N) is 1. The van der Waals surface area contributed by atoms with Crippen molar-refractivity contribution in [2.75, 3.05) is 19.9 Å². The van der Waals surface area contributed by atoms with Gasteiger partial charge in [0.2, 0.25) is 0 Å². The van der Waals surface area contributed by atoms with Crippen molar-refractivity contribution in [3.63, 3.8) is 0 Å². The Balaban J connectivity index is 2.41. The monoisotopic (exact) mass is 479 g/mol. The van der Waals surface area contributed by atoms with Gasteiger partial charge in [-0.25, -0.2) is 4.79 Å². The third-order valence-electron chi connectivity index (χ3n) is 4.23. The van der Waals surface area contributed by atoms with Crippen LogP contribution >= 0.6 is 0 Å². The van der Waals surface area contributed by atoms with Crippen LogP contribution in [0.4, 0.5) is 0 Å². The molecule has 2 rings (SSSR count). The standard InChI is InChI=1S/C23H29NO8S/c1-15(25)30-19-12-9-17(21(32-33(6,27)28)14-24-23(2,3)4)13-20(19)31-22(26)16-7-10-18(29-5)11-8-16/h7-13,21,24H,14H2,1-6H3. The van der Waals surface area contributed by atoms with Crippen molar-refractivity contribution in [2.45, 2.75) is 39.3 Å². The van der Waals surface area contributed by atoms with Gasteiger partial charge in [-0.05, 0) is 62.7 Å². The summed E-state index contributed by atoms with van der Waals surface area (Å²) in [5, 5.41) is 3.19. The van der Waals surface area contributed by atoms with Gasteiger partial charge in [0.05, 0.1) is 18.9 Å². The van der Waals surface area contributed by atoms with Crippen molar-refractivity contribution >= 4 is 22.1 Å². The molecule has 0 spiro atoms. The van der Waals surface area contributed by atoms with Gasteiger partial charge in [-0.3, -0.25) is 8.98 Å². The lowest BCUT2D eigenvalue weighted by molar-refractivity contribution is -0.132. The first-order chi connectivity index (χ1) is 15.3. The van der Waals surface area contributed by atoms with Crippen molar-refractivity contribution in [1.29, 1.82) is 0 Å². The number of carbonyl (C=O) groups excluding carboxylic acids is 2. The molecule has 1 unspecified atom stereocenters. The van der Waals surface area contributed by atoms with E-state index in [2.05, 4.69) is 5.32 Å². The predicted molar refractivity (Wildman–Crippen MR) is 122 cm³/mol. The second-order valence-electron chi connectivity index (χ2n) is 8.34. The van der Waals surface area contributed by atoms with Gasteiger partial charge >= 0.3 is 11.9 Å². The molecule has 0 amide bonds. The molecule has 2 aromatic carbocycles. The lowest BCUT2D eigenvalue weighted by atomic mass is 10.1. The first kappa shape index (κ1) is 26.3. The van der Waals surface area contributed by atoms with E-state index in [1.54, 1.807) is 18.2 Å². The highest BCUT2D eigenvalue weighted by molar-refractivity contribution is 7.86. The molecule has 0 bridgehead atoms. The van der Waals surface area contributed by atoms with Crippen LogP contribution < -0.4 is 19.5 Å². The Morgan fingerprint density at radius 2 is 1.64 bits per heavy atom. The maximum absolute atomic E-state index is 12.7. The largest absolute Gasteiger partial charge is 0.497 e. The van der Waals surface area contributed by atoms with Crippen LogP contribution in [-0.2, 0) is 19.1 Å². The fourth-order valence-corrected chi connectivity index (χ4v) is 3.35. The first-order valence-electron chi connectivity index (χ1n) is 10.1. The second-order valence-corrected chi connectivity index (χ2v) is 9.94. The second kappa shape index (κ2) is 10.8. The van der Waals surface area contributed by atoms with Crippen LogP contribution in [0.25, 0.3) is 0 Å². The predicted octanol–water partition coefficient (Wildman–Crippen LogP) is 3.25. The van der Waals surface area contributed by atoms with Crippen LogP contribution in [0.3, 0.4) is 0 Å². The smallest absolute Gasteiger partial charge is 0.343 e. The van der Waals surface area contributed by atoms with Crippen molar-refractivity contribution < 1.29 is 36.4 Å². The topological polar surface area (TPSA) is 117 Å². The molecular formula is C23H29NO8S. The Bertz CT molecular complexity index is 1090. The van der Waals surface area contributed by atoms with Crippen LogP contribution in [0.2, 0.25) is 0 Å². The molecule has 0 heterocycles. The van der Waals surface area contributed by atoms with Gasteiger partial charge in [-0.1, -0.05) is 6.07 Å². The molecule has 9 nitrogen and oxygen atoms in total. The highest BCUT2D eigenvalue weighted by Crippen LogP contribution is 2.33. The SMILES string of the molecule is COc1ccc(C(=O)Oc2cc(C(CNC(C)(C)C)OS(C)(=O)=O)ccc2OC(C)=O)cc1. The molecule has 33 heavy (non-hydrogen) atoms. The van der Waals surface area contributed by atoms with Crippen molar-refractivity contribution in [3.8, 4) is 17.2 Å². The number of methoxy groups -OCH3 is 1. The zero-order valence-electron chi connectivity index (χ0n) is 19.5. The summed E-state index contributed by atoms with van der Waals surface area (Å²) in [4.78, 5) is 24.2. The number of ether oxygens (including phenoxy) is 3. The third kappa shape index (κ3) is 8.83. The fourth-order valence-electron chi connectivity index (χ4n) is 2.75. The van der Waals surface area contributed by atoms with E-state index in [1.165, 1.54) is 38.3 Å². The summed E-state index contributed by atoms with van der Waals surface area (Å²) in [5.74, 6) is -0.780. The van der Waals surface area contributed by atoms with Gasteiger partial charge in [0.25, 0.3) is 10.1 Å². The summed E-state index contributed by atoms with van der Waals surface area (Å²) in [6.45, 7) is 7.16. The summed E-state index contributed by atoms with van der Waals surface area (Å²) >= 11 is 0. The van der Waals surface area contributed by atoms with Crippen LogP contribution in [0, 0.1) is 0 Å². The average Bonchev–Trinajstić information content (AvgIpc) is 2.70. The Morgan fingerprint density at radius 3 is 2.15 bits per heavy atom. The lowest BCUT2D eigenvalue weighted by Crippen LogP contribution is -2.39. The molecule has 0 aromatic heterocycles. The van der Waals surface area contributed by atoms with E-state index in [0.29, 0.717) is 11.3 Å². The normalized spacial score (nSPS) is 12.7. The summed E-state index contributed by atoms with van der Waals surface area (Å²) in [6.07, 6.45) is 0.0404. The van der Waals surface area contributed by atoms with E-state index in [4.69, 9.17) is 18.4 Å². The van der Waals surface area contributed by atoms with E-state index < -0.39 is 28.2 Å². The van der Waals surface area contributed by atoms with Gasteiger partial charge in [0.15, 0.2) is 11.5 Å². The van der Waals surface area contributed by atoms with Crippen molar-refractivity contribution in [1.82, 2.24) is 5.32 Å². The number of hydrogen-bond acceptors (Lipinski definition) is 9. The molecule has 0 saturated heterocycles. The Kier molecular flexibility index (Phi) is 8.59. The molecule has 0 fully saturated rings. The Morgan fingerprint density at radius 1 is 1.00 bits per heavy atom. The highest BCUT2D eigenvalue weighted by Gasteiger charge is 2.23. The first-order valence-corrected chi connectivity index (χ1v) is 11.9. The maximum Gasteiger partial charge on any atom is 0.343 e. The quantitative estimate of drug-likeness (QED) is 0.328. The van der Waals surface area contributed by atoms with Gasteiger partial charge in [0.1, 0.15) is 11.9 Å². The maximum atomic E-state index is 12.7. The van der Waals surface area contributed by atoms with Crippen molar-refractivity contribution in [3.05, 3.63) is 53.6 Å². The van der Waals surface area contributed by atoms with Gasteiger partial charge in [0, 0.05) is 19.0 Å². The number of hydrogen-bond donors (Lipinski definition) is 1. The number of esters is 2. The van der Waals surface area contributed by atoms with E-state index in [1.807, 2.05) is 20.8 Å². The minimum atomic E-state index is -3.80. The molecule has 10 heteroatoms. The molecule has 1 N–H and O–H groups in total. The molecule has 0 aliphatic heterocycles. The molecule has 0 radical (unpaired) electrons. The summed E-state index contributed by atoms with van der Waals surface area (Å²) in [5.41, 5.74) is 0.347. The van der Waals surface area contributed by atoms with Gasteiger partial charge in [-0.15, -0.1) is 0 Å². The van der Waals surface area contributed by atoms with Crippen molar-refractivity contribution in [2.24, 2.45) is 0 Å². The van der Waals surface area contributed by atoms with Crippen LogP contribution in [0.15, 0.2) is 42.5 Å². The zero-order chi connectivity index (χ0) is 24.8. The highest BCUT2D eigenvalue weighted by atomic mass is 32.2. The van der Waals surface area contributed by atoms with E-state index >= 15 is 0 Å². The Hall–Kier alpha value is -2.95. The molecule has 2 aromatic rings. The minimum absolute atomic E-state index is 0.00926. The molecule has 1 atom stereocenters. The van der Waals surface area contributed by atoms with Crippen LogP contribution in [0.5, 0.6) is 17.2 Å². The molecule has 180 valence electrons. The number of carbonyl (C=O) groups is 2. The summed E-state index contributed by atoms with van der Waals surface area (Å²) in [6, 6.07) is 10.6. The lowest BCUT2D eigenvalue weighted by Gasteiger charge is -2.25. The number of benzene rings is 2. The van der Waals surface area contributed by atoms with E-state index in [-0.39, 0.29) is 29.1 Å². The van der Waals surface area contributed by atoms with E-state index in [9.17, 15) is 18.0 Å². The molecule has 0 aliphatic carbocycles. The third-order valence-corrected chi connectivity index (χ3v) is 4.81. The Labute approximate surface area is 194 Å². The summed E-state index contributed by atoms with van der Waals surface area (Å²) in [7, 11) is -2.29. The molecular weight excluding hydrogens is 450 g/mol. The molecule has 0 aliphatic rings. The molecule has 0 saturated carbocycles. The fraction of sp³-hybridized carbons (Fsp3) is 0.391. The van der Waals surface area contributed by atoms with Crippen LogP contribution in [-0.4, -0.2) is 45.8 Å². The summed E-state index contributed by atoms with van der Waals surface area (Å²) < 4.78 is 44.7. The average molecular weight is 480 g/mol. The zero-order valence-corrected chi connectivity index (χ0v) is 20.3.